The van der Waals surface area contributed by atoms with E-state index in [-0.39, 0.29) is 35.5 Å². The normalized spacial score (nSPS) is 24.8. The van der Waals surface area contributed by atoms with E-state index in [1.54, 1.807) is 0 Å². The van der Waals surface area contributed by atoms with Crippen molar-refractivity contribution in [3.8, 4) is 0 Å². The minimum Gasteiger partial charge on any atom is -0.274 e. The van der Waals surface area contributed by atoms with Gasteiger partial charge in [0.05, 0.1) is 17.5 Å². The number of aryl methyl sites for hydroxylation is 3. The highest BCUT2D eigenvalue weighted by Crippen LogP contribution is 2.58. The maximum absolute atomic E-state index is 13.7. The number of anilines is 1. The number of carbonyl (C=O) groups is 2. The molecular weight excluding hydrogens is 418 g/mol. The van der Waals surface area contributed by atoms with E-state index in [4.69, 9.17) is 0 Å². The molecule has 3 aromatic rings. The average Bonchev–Trinajstić information content (AvgIpc) is 3.46. The van der Waals surface area contributed by atoms with Crippen molar-refractivity contribution in [3.05, 3.63) is 118 Å². The highest BCUT2D eigenvalue weighted by atomic mass is 16.2. The number of benzene rings is 3. The fourth-order valence-corrected chi connectivity index (χ4v) is 6.06. The third-order valence-corrected chi connectivity index (χ3v) is 7.64. The second-order valence-electron chi connectivity index (χ2n) is 9.90. The molecule has 2 amide bonds. The molecule has 3 heteroatoms. The van der Waals surface area contributed by atoms with E-state index in [0.29, 0.717) is 5.69 Å². The molecule has 1 heterocycles. The van der Waals surface area contributed by atoms with Crippen molar-refractivity contribution in [2.45, 2.75) is 20.8 Å². The minimum atomic E-state index is -0.330. The standard InChI is InChI=1S/C31H27NO2/c1-18-7-11-21(12-8-18)26(22-13-9-19(2)10-14-22)27-24-15-16-25(27)29-28(24)30(33)32(31(29)34)23-6-4-5-20(3)17-23/h4-17,24-25,28-29H,1-3H3/t24-,25-,28+,29+/m1/s1. The quantitative estimate of drug-likeness (QED) is 0.364. The van der Waals surface area contributed by atoms with Gasteiger partial charge in [0.1, 0.15) is 0 Å². The molecule has 1 saturated carbocycles. The van der Waals surface area contributed by atoms with E-state index in [9.17, 15) is 9.59 Å². The van der Waals surface area contributed by atoms with E-state index in [0.717, 1.165) is 22.3 Å². The summed E-state index contributed by atoms with van der Waals surface area (Å²) in [5.41, 5.74) is 8.80. The second kappa shape index (κ2) is 7.66. The van der Waals surface area contributed by atoms with Crippen LogP contribution in [0.4, 0.5) is 5.69 Å². The van der Waals surface area contributed by atoms with Gasteiger partial charge in [-0.15, -0.1) is 0 Å². The fraction of sp³-hybridized carbons (Fsp3) is 0.226. The van der Waals surface area contributed by atoms with Gasteiger partial charge in [0.2, 0.25) is 11.8 Å². The lowest BCUT2D eigenvalue weighted by molar-refractivity contribution is -0.122. The molecule has 2 bridgehead atoms. The molecule has 3 aromatic carbocycles. The van der Waals surface area contributed by atoms with Crippen LogP contribution in [0.1, 0.15) is 27.8 Å². The van der Waals surface area contributed by atoms with Crippen molar-refractivity contribution >= 4 is 23.1 Å². The fourth-order valence-electron chi connectivity index (χ4n) is 6.06. The SMILES string of the molecule is Cc1ccc(C(=C2[C@H]3C=C[C@H]2[C@@H]2C(=O)N(c4cccc(C)c4)C(=O)[C@H]23)c2ccc(C)cc2)cc1. The van der Waals surface area contributed by atoms with Crippen LogP contribution in [0.5, 0.6) is 0 Å². The zero-order valence-corrected chi connectivity index (χ0v) is 19.7. The van der Waals surface area contributed by atoms with E-state index in [1.165, 1.54) is 21.6 Å². The molecule has 0 N–H and O–H groups in total. The lowest BCUT2D eigenvalue weighted by Crippen LogP contribution is -2.33. The van der Waals surface area contributed by atoms with Crippen LogP contribution in [0.25, 0.3) is 5.57 Å². The van der Waals surface area contributed by atoms with Gasteiger partial charge in [0.25, 0.3) is 0 Å². The van der Waals surface area contributed by atoms with Crippen LogP contribution in [-0.4, -0.2) is 11.8 Å². The summed E-state index contributed by atoms with van der Waals surface area (Å²) in [6.45, 7) is 6.16. The van der Waals surface area contributed by atoms with Gasteiger partial charge >= 0.3 is 0 Å². The first kappa shape index (κ1) is 20.9. The third kappa shape index (κ3) is 3.03. The number of carbonyl (C=O) groups excluding carboxylic acids is 2. The maximum atomic E-state index is 13.7. The van der Waals surface area contributed by atoms with Crippen molar-refractivity contribution in [2.75, 3.05) is 4.90 Å². The molecule has 2 aliphatic carbocycles. The summed E-state index contributed by atoms with van der Waals surface area (Å²) >= 11 is 0. The van der Waals surface area contributed by atoms with Crippen LogP contribution < -0.4 is 4.90 Å². The van der Waals surface area contributed by atoms with E-state index in [1.807, 2.05) is 31.2 Å². The van der Waals surface area contributed by atoms with Crippen molar-refractivity contribution in [3.63, 3.8) is 0 Å². The summed E-state index contributed by atoms with van der Waals surface area (Å²) in [5.74, 6) is -0.908. The molecule has 2 fully saturated rings. The van der Waals surface area contributed by atoms with Crippen LogP contribution >= 0.6 is 0 Å². The van der Waals surface area contributed by atoms with Gasteiger partial charge in [0, 0.05) is 11.8 Å². The summed E-state index contributed by atoms with van der Waals surface area (Å²) in [6, 6.07) is 24.8. The highest BCUT2D eigenvalue weighted by molar-refractivity contribution is 6.23. The third-order valence-electron chi connectivity index (χ3n) is 7.64. The molecule has 4 atom stereocenters. The number of hydrogen-bond donors (Lipinski definition) is 0. The number of rotatable bonds is 3. The Morgan fingerprint density at radius 3 is 1.62 bits per heavy atom. The maximum Gasteiger partial charge on any atom is 0.238 e. The largest absolute Gasteiger partial charge is 0.274 e. The molecule has 34 heavy (non-hydrogen) atoms. The zero-order chi connectivity index (χ0) is 23.6. The van der Waals surface area contributed by atoms with Gasteiger partial charge < -0.3 is 0 Å². The summed E-state index contributed by atoms with van der Waals surface area (Å²) in [6.07, 6.45) is 4.32. The molecule has 0 radical (unpaired) electrons. The topological polar surface area (TPSA) is 37.4 Å². The van der Waals surface area contributed by atoms with Crippen molar-refractivity contribution in [2.24, 2.45) is 23.7 Å². The number of amides is 2. The van der Waals surface area contributed by atoms with Gasteiger partial charge in [-0.05, 0) is 60.7 Å². The Hall–Kier alpha value is -3.72. The summed E-state index contributed by atoms with van der Waals surface area (Å²) < 4.78 is 0. The average molecular weight is 446 g/mol. The van der Waals surface area contributed by atoms with Crippen LogP contribution in [0.2, 0.25) is 0 Å². The molecule has 0 aromatic heterocycles. The Balaban J connectivity index is 1.49. The smallest absolute Gasteiger partial charge is 0.238 e. The zero-order valence-electron chi connectivity index (χ0n) is 19.7. The van der Waals surface area contributed by atoms with E-state index < -0.39 is 0 Å². The molecule has 0 unspecified atom stereocenters. The number of imide groups is 1. The van der Waals surface area contributed by atoms with Crippen LogP contribution in [-0.2, 0) is 9.59 Å². The number of nitrogens with zero attached hydrogens (tertiary/aromatic N) is 1. The molecular formula is C31H27NO2. The first-order valence-electron chi connectivity index (χ1n) is 11.9. The molecule has 1 saturated heterocycles. The predicted molar refractivity (Wildman–Crippen MR) is 135 cm³/mol. The van der Waals surface area contributed by atoms with Gasteiger partial charge in [-0.1, -0.05) is 83.9 Å². The number of fused-ring (bicyclic) bond motifs is 5. The van der Waals surface area contributed by atoms with E-state index in [2.05, 4.69) is 74.5 Å². The molecule has 1 aliphatic heterocycles. The Labute approximate surface area is 200 Å². The summed E-state index contributed by atoms with van der Waals surface area (Å²) in [4.78, 5) is 28.8. The first-order chi connectivity index (χ1) is 16.4. The van der Waals surface area contributed by atoms with Crippen LogP contribution in [0.3, 0.4) is 0 Å². The summed E-state index contributed by atoms with van der Waals surface area (Å²) in [5, 5.41) is 0. The van der Waals surface area contributed by atoms with Gasteiger partial charge in [-0.2, -0.15) is 0 Å². The van der Waals surface area contributed by atoms with Crippen molar-refractivity contribution < 1.29 is 9.59 Å². The Morgan fingerprint density at radius 2 is 1.15 bits per heavy atom. The number of allylic oxidation sites excluding steroid dienone is 3. The summed E-state index contributed by atoms with van der Waals surface area (Å²) in [7, 11) is 0. The molecule has 6 rings (SSSR count). The van der Waals surface area contributed by atoms with Crippen LogP contribution in [0, 0.1) is 44.4 Å². The van der Waals surface area contributed by atoms with Crippen molar-refractivity contribution in [1.29, 1.82) is 0 Å². The molecule has 0 spiro atoms. The Bertz CT molecular complexity index is 1300. The van der Waals surface area contributed by atoms with Gasteiger partial charge in [-0.3, -0.25) is 9.59 Å². The van der Waals surface area contributed by atoms with Crippen molar-refractivity contribution in [1.82, 2.24) is 0 Å². The molecule has 3 aliphatic rings. The molecule has 168 valence electrons. The number of hydrogen-bond acceptors (Lipinski definition) is 2. The minimum absolute atomic E-state index is 0.0566. The predicted octanol–water partition coefficient (Wildman–Crippen LogP) is 6.04. The van der Waals surface area contributed by atoms with Gasteiger partial charge in [0.15, 0.2) is 0 Å². The second-order valence-corrected chi connectivity index (χ2v) is 9.90. The van der Waals surface area contributed by atoms with Gasteiger partial charge in [-0.25, -0.2) is 4.90 Å². The monoisotopic (exact) mass is 445 g/mol. The first-order valence-corrected chi connectivity index (χ1v) is 11.9. The van der Waals surface area contributed by atoms with Crippen LogP contribution in [0.15, 0.2) is 90.5 Å². The Kier molecular flexibility index (Phi) is 4.70. The highest BCUT2D eigenvalue weighted by Gasteiger charge is 2.62. The molecule has 3 nitrogen and oxygen atoms in total. The lowest BCUT2D eigenvalue weighted by atomic mass is 9.85. The van der Waals surface area contributed by atoms with E-state index >= 15 is 0 Å². The lowest BCUT2D eigenvalue weighted by Gasteiger charge is -2.22. The Morgan fingerprint density at radius 1 is 0.647 bits per heavy atom.